The van der Waals surface area contributed by atoms with Crippen molar-refractivity contribution in [1.29, 1.82) is 0 Å². The second-order valence-electron chi connectivity index (χ2n) is 6.91. The molecule has 1 saturated heterocycles. The lowest BCUT2D eigenvalue weighted by molar-refractivity contribution is -0.147. The molecule has 1 atom stereocenters. The van der Waals surface area contributed by atoms with Gasteiger partial charge >= 0.3 is 12.0 Å². The minimum absolute atomic E-state index is 0.0498. The molecule has 0 aromatic rings. The van der Waals surface area contributed by atoms with Crippen LogP contribution in [0.25, 0.3) is 0 Å². The van der Waals surface area contributed by atoms with Crippen molar-refractivity contribution in [3.8, 4) is 0 Å². The molecule has 2 aliphatic carbocycles. The van der Waals surface area contributed by atoms with Gasteiger partial charge in [0.05, 0.1) is 0 Å². The molecule has 1 N–H and O–H groups in total. The molecule has 20 heavy (non-hydrogen) atoms. The van der Waals surface area contributed by atoms with Crippen LogP contribution in [0.4, 0.5) is 4.79 Å². The van der Waals surface area contributed by atoms with Crippen LogP contribution in [0.1, 0.15) is 45.4 Å². The molecular weight excluding hydrogens is 256 g/mol. The maximum absolute atomic E-state index is 12.8. The van der Waals surface area contributed by atoms with E-state index in [1.807, 2.05) is 4.90 Å². The van der Waals surface area contributed by atoms with Gasteiger partial charge in [-0.2, -0.15) is 0 Å². The van der Waals surface area contributed by atoms with E-state index in [1.165, 1.54) is 25.7 Å². The van der Waals surface area contributed by atoms with Crippen molar-refractivity contribution in [2.45, 2.75) is 51.0 Å². The van der Waals surface area contributed by atoms with Crippen molar-refractivity contribution >= 4 is 12.0 Å². The molecule has 1 aliphatic heterocycles. The molecule has 5 nitrogen and oxygen atoms in total. The first-order chi connectivity index (χ1) is 9.50. The zero-order valence-corrected chi connectivity index (χ0v) is 12.2. The number of carbonyl (C=O) groups is 2. The van der Waals surface area contributed by atoms with E-state index in [1.54, 1.807) is 11.8 Å². The van der Waals surface area contributed by atoms with Crippen LogP contribution < -0.4 is 0 Å². The number of likely N-dealkylation sites (tertiary alicyclic amines) is 1. The molecule has 2 amide bonds. The predicted molar refractivity (Wildman–Crippen MR) is 74.4 cm³/mol. The average molecular weight is 280 g/mol. The Morgan fingerprint density at radius 3 is 2.20 bits per heavy atom. The summed E-state index contributed by atoms with van der Waals surface area (Å²) in [6.45, 7) is 3.91. The van der Waals surface area contributed by atoms with Crippen LogP contribution in [0, 0.1) is 11.8 Å². The lowest BCUT2D eigenvalue weighted by Crippen LogP contribution is -2.55. The molecule has 2 saturated carbocycles. The Bertz CT molecular complexity index is 403. The van der Waals surface area contributed by atoms with Crippen molar-refractivity contribution < 1.29 is 14.7 Å². The van der Waals surface area contributed by atoms with Gasteiger partial charge in [0.1, 0.15) is 5.54 Å². The molecule has 112 valence electrons. The third-order valence-electron chi connectivity index (χ3n) is 4.95. The van der Waals surface area contributed by atoms with Crippen molar-refractivity contribution in [3.05, 3.63) is 0 Å². The fourth-order valence-electron chi connectivity index (χ4n) is 3.12. The lowest BCUT2D eigenvalue weighted by atomic mass is 9.99. The van der Waals surface area contributed by atoms with Crippen molar-refractivity contribution in [2.24, 2.45) is 11.8 Å². The summed E-state index contributed by atoms with van der Waals surface area (Å²) in [6.07, 6.45) is 6.20. The number of carboxylic acids is 1. The highest BCUT2D eigenvalue weighted by Crippen LogP contribution is 2.36. The highest BCUT2D eigenvalue weighted by molar-refractivity contribution is 5.86. The van der Waals surface area contributed by atoms with Gasteiger partial charge in [-0.1, -0.05) is 0 Å². The number of amides is 2. The first kappa shape index (κ1) is 13.7. The van der Waals surface area contributed by atoms with Crippen LogP contribution >= 0.6 is 0 Å². The number of carbonyl (C=O) groups excluding carboxylic acids is 1. The fourth-order valence-corrected chi connectivity index (χ4v) is 3.12. The second kappa shape index (κ2) is 4.93. The maximum Gasteiger partial charge on any atom is 0.329 e. The fraction of sp³-hybridized carbons (Fsp3) is 0.867. The van der Waals surface area contributed by atoms with Gasteiger partial charge in [0.2, 0.25) is 0 Å². The SMILES string of the molecule is CC1(C(=O)O)CCCN1C(=O)N(CC1CC1)CC1CC1. The average Bonchev–Trinajstić information content (AvgIpc) is 3.31. The smallest absolute Gasteiger partial charge is 0.329 e. The summed E-state index contributed by atoms with van der Waals surface area (Å²) < 4.78 is 0. The Labute approximate surface area is 119 Å². The van der Waals surface area contributed by atoms with Crippen LogP contribution in [0.2, 0.25) is 0 Å². The maximum atomic E-state index is 12.8. The number of nitrogens with zero attached hydrogens (tertiary/aromatic N) is 2. The second-order valence-corrected chi connectivity index (χ2v) is 6.91. The van der Waals surface area contributed by atoms with E-state index in [-0.39, 0.29) is 6.03 Å². The molecule has 1 heterocycles. The molecule has 3 fully saturated rings. The summed E-state index contributed by atoms with van der Waals surface area (Å²) in [4.78, 5) is 27.8. The molecule has 0 radical (unpaired) electrons. The summed E-state index contributed by atoms with van der Waals surface area (Å²) in [7, 11) is 0. The number of rotatable bonds is 5. The quantitative estimate of drug-likeness (QED) is 0.839. The molecule has 3 aliphatic rings. The van der Waals surface area contributed by atoms with Crippen LogP contribution in [0.3, 0.4) is 0 Å². The predicted octanol–water partition coefficient (Wildman–Crippen LogP) is 2.17. The topological polar surface area (TPSA) is 60.9 Å². The normalized spacial score (nSPS) is 29.6. The molecule has 0 aromatic heterocycles. The summed E-state index contributed by atoms with van der Waals surface area (Å²) in [6, 6.07) is -0.0498. The lowest BCUT2D eigenvalue weighted by Gasteiger charge is -2.36. The van der Waals surface area contributed by atoms with Crippen molar-refractivity contribution in [1.82, 2.24) is 9.80 Å². The van der Waals surface area contributed by atoms with Gasteiger partial charge in [-0.3, -0.25) is 0 Å². The molecule has 0 spiro atoms. The summed E-state index contributed by atoms with van der Waals surface area (Å²) in [5, 5.41) is 9.45. The first-order valence-corrected chi connectivity index (χ1v) is 7.80. The zero-order valence-electron chi connectivity index (χ0n) is 12.2. The molecule has 0 aromatic carbocycles. The number of urea groups is 1. The van der Waals surface area contributed by atoms with E-state index in [0.29, 0.717) is 24.8 Å². The van der Waals surface area contributed by atoms with Gasteiger partial charge in [0.15, 0.2) is 0 Å². The van der Waals surface area contributed by atoms with Crippen LogP contribution in [0.15, 0.2) is 0 Å². The Balaban J connectivity index is 1.71. The number of carboxylic acid groups (broad SMARTS) is 1. The minimum atomic E-state index is -1.01. The van der Waals surface area contributed by atoms with Crippen LogP contribution in [0.5, 0.6) is 0 Å². The summed E-state index contributed by atoms with van der Waals surface area (Å²) in [5.74, 6) is 0.425. The molecule has 3 rings (SSSR count). The summed E-state index contributed by atoms with van der Waals surface area (Å²) >= 11 is 0. The van der Waals surface area contributed by atoms with Gasteiger partial charge in [0.25, 0.3) is 0 Å². The largest absolute Gasteiger partial charge is 0.480 e. The van der Waals surface area contributed by atoms with Gasteiger partial charge < -0.3 is 14.9 Å². The third kappa shape index (κ3) is 2.63. The van der Waals surface area contributed by atoms with Gasteiger partial charge in [0, 0.05) is 19.6 Å². The number of hydrogen-bond acceptors (Lipinski definition) is 2. The zero-order chi connectivity index (χ0) is 14.3. The van der Waals surface area contributed by atoms with Gasteiger partial charge in [-0.05, 0) is 57.3 Å². The van der Waals surface area contributed by atoms with E-state index < -0.39 is 11.5 Å². The van der Waals surface area contributed by atoms with E-state index in [2.05, 4.69) is 0 Å². The number of aliphatic carboxylic acids is 1. The molecule has 0 bridgehead atoms. The molecule has 1 unspecified atom stereocenters. The molecular formula is C15H24N2O3. The summed E-state index contributed by atoms with van der Waals surface area (Å²) in [5.41, 5.74) is -1.01. The van der Waals surface area contributed by atoms with E-state index >= 15 is 0 Å². The third-order valence-corrected chi connectivity index (χ3v) is 4.95. The van der Waals surface area contributed by atoms with Crippen LogP contribution in [-0.4, -0.2) is 52.1 Å². The van der Waals surface area contributed by atoms with E-state index in [0.717, 1.165) is 19.5 Å². The van der Waals surface area contributed by atoms with Crippen molar-refractivity contribution in [2.75, 3.05) is 19.6 Å². The highest BCUT2D eigenvalue weighted by Gasteiger charge is 2.48. The standard InChI is InChI=1S/C15H24N2O3/c1-15(13(18)19)7-2-8-17(15)14(20)16(9-11-3-4-11)10-12-5-6-12/h11-12H,2-10H2,1H3,(H,18,19). The van der Waals surface area contributed by atoms with E-state index in [9.17, 15) is 14.7 Å². The van der Waals surface area contributed by atoms with Crippen molar-refractivity contribution in [3.63, 3.8) is 0 Å². The first-order valence-electron chi connectivity index (χ1n) is 7.80. The Morgan fingerprint density at radius 2 is 1.75 bits per heavy atom. The highest BCUT2D eigenvalue weighted by atomic mass is 16.4. The van der Waals surface area contributed by atoms with Gasteiger partial charge in [-0.15, -0.1) is 0 Å². The Kier molecular flexibility index (Phi) is 3.38. The number of hydrogen-bond donors (Lipinski definition) is 1. The minimum Gasteiger partial charge on any atom is -0.480 e. The van der Waals surface area contributed by atoms with E-state index in [4.69, 9.17) is 0 Å². The Morgan fingerprint density at radius 1 is 1.20 bits per heavy atom. The monoisotopic (exact) mass is 280 g/mol. The molecule has 5 heteroatoms. The van der Waals surface area contributed by atoms with Gasteiger partial charge in [-0.25, -0.2) is 9.59 Å². The van der Waals surface area contributed by atoms with Crippen LogP contribution in [-0.2, 0) is 4.79 Å². The Hall–Kier alpha value is -1.26.